The normalized spacial score (nSPS) is 15.1. The van der Waals surface area contributed by atoms with Gasteiger partial charge in [0, 0.05) is 43.3 Å². The Kier molecular flexibility index (Phi) is 5.85. The van der Waals surface area contributed by atoms with E-state index in [4.69, 9.17) is 9.47 Å². The Bertz CT molecular complexity index is 941. The SMILES string of the molecule is COc1cc(OC)nc(N2CCN(CCCc3c[nH]c4ccc(C)cc34)CC2)n1. The molecule has 7 heteroatoms. The molecule has 0 saturated carbocycles. The average molecular weight is 396 g/mol. The van der Waals surface area contributed by atoms with Crippen LogP contribution in [0.3, 0.4) is 0 Å². The number of rotatable bonds is 7. The Morgan fingerprint density at radius 1 is 1.00 bits per heavy atom. The summed E-state index contributed by atoms with van der Waals surface area (Å²) in [6.07, 6.45) is 4.42. The number of nitrogens with one attached hydrogen (secondary N) is 1. The van der Waals surface area contributed by atoms with Crippen molar-refractivity contribution in [3.63, 3.8) is 0 Å². The number of fused-ring (bicyclic) bond motifs is 1. The molecule has 0 amide bonds. The first kappa shape index (κ1) is 19.5. The van der Waals surface area contributed by atoms with Crippen LogP contribution in [0.25, 0.3) is 10.9 Å². The molecule has 1 N–H and O–H groups in total. The molecule has 0 spiro atoms. The lowest BCUT2D eigenvalue weighted by Gasteiger charge is -2.34. The minimum Gasteiger partial charge on any atom is -0.481 e. The molecule has 0 aliphatic carbocycles. The molecule has 3 heterocycles. The maximum Gasteiger partial charge on any atom is 0.232 e. The van der Waals surface area contributed by atoms with Crippen molar-refractivity contribution in [2.24, 2.45) is 0 Å². The third kappa shape index (κ3) is 4.45. The number of aryl methyl sites for hydroxylation is 2. The third-order valence-corrected chi connectivity index (χ3v) is 5.58. The third-order valence-electron chi connectivity index (χ3n) is 5.58. The molecule has 1 aliphatic rings. The van der Waals surface area contributed by atoms with Gasteiger partial charge in [-0.15, -0.1) is 0 Å². The van der Waals surface area contributed by atoms with Crippen molar-refractivity contribution >= 4 is 16.9 Å². The first-order valence-corrected chi connectivity index (χ1v) is 10.2. The van der Waals surface area contributed by atoms with Crippen molar-refractivity contribution in [1.29, 1.82) is 0 Å². The molecule has 0 atom stereocenters. The van der Waals surface area contributed by atoms with E-state index in [1.165, 1.54) is 22.0 Å². The molecule has 0 radical (unpaired) electrons. The number of hydrogen-bond acceptors (Lipinski definition) is 6. The molecule has 2 aromatic heterocycles. The lowest BCUT2D eigenvalue weighted by molar-refractivity contribution is 0.253. The van der Waals surface area contributed by atoms with Gasteiger partial charge in [0.05, 0.1) is 20.3 Å². The summed E-state index contributed by atoms with van der Waals surface area (Å²) in [5, 5.41) is 1.36. The van der Waals surface area contributed by atoms with Gasteiger partial charge in [-0.1, -0.05) is 11.6 Å². The van der Waals surface area contributed by atoms with E-state index in [1.54, 1.807) is 20.3 Å². The quantitative estimate of drug-likeness (QED) is 0.663. The number of anilines is 1. The van der Waals surface area contributed by atoms with Gasteiger partial charge in [0.2, 0.25) is 17.7 Å². The summed E-state index contributed by atoms with van der Waals surface area (Å²) in [5.41, 5.74) is 3.96. The molecule has 1 fully saturated rings. The Morgan fingerprint density at radius 2 is 1.72 bits per heavy atom. The smallest absolute Gasteiger partial charge is 0.232 e. The monoisotopic (exact) mass is 395 g/mol. The number of methoxy groups -OCH3 is 2. The first-order valence-electron chi connectivity index (χ1n) is 10.2. The van der Waals surface area contributed by atoms with E-state index >= 15 is 0 Å². The summed E-state index contributed by atoms with van der Waals surface area (Å²) in [7, 11) is 3.22. The van der Waals surface area contributed by atoms with Crippen LogP contribution in [0.4, 0.5) is 5.95 Å². The van der Waals surface area contributed by atoms with E-state index in [0.717, 1.165) is 45.6 Å². The highest BCUT2D eigenvalue weighted by Crippen LogP contribution is 2.22. The van der Waals surface area contributed by atoms with Crippen LogP contribution in [-0.2, 0) is 6.42 Å². The fourth-order valence-electron chi connectivity index (χ4n) is 3.91. The maximum absolute atomic E-state index is 5.26. The number of benzene rings is 1. The van der Waals surface area contributed by atoms with Crippen LogP contribution in [0.15, 0.2) is 30.5 Å². The molecule has 0 bridgehead atoms. The zero-order chi connectivity index (χ0) is 20.2. The van der Waals surface area contributed by atoms with Gasteiger partial charge in [0.1, 0.15) is 0 Å². The summed E-state index contributed by atoms with van der Waals surface area (Å²) in [5.74, 6) is 1.74. The van der Waals surface area contributed by atoms with Crippen LogP contribution < -0.4 is 14.4 Å². The number of nitrogens with zero attached hydrogens (tertiary/aromatic N) is 4. The summed E-state index contributed by atoms with van der Waals surface area (Å²) in [6.45, 7) is 7.09. The van der Waals surface area contributed by atoms with Crippen molar-refractivity contribution < 1.29 is 9.47 Å². The van der Waals surface area contributed by atoms with Crippen molar-refractivity contribution in [2.45, 2.75) is 19.8 Å². The van der Waals surface area contributed by atoms with E-state index in [0.29, 0.717) is 17.7 Å². The van der Waals surface area contributed by atoms with Gasteiger partial charge < -0.3 is 19.4 Å². The highest BCUT2D eigenvalue weighted by Gasteiger charge is 2.20. The highest BCUT2D eigenvalue weighted by molar-refractivity contribution is 5.83. The minimum atomic E-state index is 0.531. The molecule has 154 valence electrons. The molecule has 4 rings (SSSR count). The summed E-state index contributed by atoms with van der Waals surface area (Å²) in [6, 6.07) is 8.31. The van der Waals surface area contributed by atoms with Crippen molar-refractivity contribution in [2.75, 3.05) is 51.8 Å². The number of ether oxygens (including phenoxy) is 2. The lowest BCUT2D eigenvalue weighted by atomic mass is 10.1. The molecule has 29 heavy (non-hydrogen) atoms. The Labute approximate surface area is 171 Å². The van der Waals surface area contributed by atoms with Crippen LogP contribution in [-0.4, -0.2) is 66.8 Å². The fourth-order valence-corrected chi connectivity index (χ4v) is 3.91. The van der Waals surface area contributed by atoms with E-state index in [9.17, 15) is 0 Å². The molecule has 1 aliphatic heterocycles. The maximum atomic E-state index is 5.26. The van der Waals surface area contributed by atoms with Gasteiger partial charge in [-0.25, -0.2) is 0 Å². The van der Waals surface area contributed by atoms with Crippen molar-refractivity contribution in [3.05, 3.63) is 41.6 Å². The fraction of sp³-hybridized carbons (Fsp3) is 0.455. The summed E-state index contributed by atoms with van der Waals surface area (Å²) >= 11 is 0. The van der Waals surface area contributed by atoms with Gasteiger partial charge in [0.15, 0.2) is 0 Å². The molecule has 1 aromatic carbocycles. The van der Waals surface area contributed by atoms with Crippen LogP contribution in [0, 0.1) is 6.92 Å². The first-order chi connectivity index (χ1) is 14.2. The number of H-pyrrole nitrogens is 1. The lowest BCUT2D eigenvalue weighted by Crippen LogP contribution is -2.47. The minimum absolute atomic E-state index is 0.531. The molecule has 3 aromatic rings. The predicted molar refractivity (Wildman–Crippen MR) is 115 cm³/mol. The topological polar surface area (TPSA) is 66.5 Å². The van der Waals surface area contributed by atoms with E-state index in [-0.39, 0.29) is 0 Å². The van der Waals surface area contributed by atoms with Gasteiger partial charge in [-0.3, -0.25) is 4.90 Å². The van der Waals surface area contributed by atoms with Crippen LogP contribution >= 0.6 is 0 Å². The zero-order valence-corrected chi connectivity index (χ0v) is 17.4. The van der Waals surface area contributed by atoms with Gasteiger partial charge in [-0.2, -0.15) is 9.97 Å². The standard InChI is InChI=1S/C22H29N5O2/c1-16-6-7-19-18(13-16)17(15-23-19)5-4-8-26-9-11-27(12-10-26)22-24-20(28-2)14-21(25-22)29-3/h6-7,13-15,23H,4-5,8-12H2,1-3H3. The summed E-state index contributed by atoms with van der Waals surface area (Å²) in [4.78, 5) is 17.1. The predicted octanol–water partition coefficient (Wildman–Crippen LogP) is 3.04. The number of piperazine rings is 1. The van der Waals surface area contributed by atoms with Crippen LogP contribution in [0.1, 0.15) is 17.5 Å². The molecule has 1 saturated heterocycles. The van der Waals surface area contributed by atoms with Crippen molar-refractivity contribution in [1.82, 2.24) is 19.9 Å². The molecule has 0 unspecified atom stereocenters. The Balaban J connectivity index is 1.29. The van der Waals surface area contributed by atoms with E-state index < -0.39 is 0 Å². The van der Waals surface area contributed by atoms with Crippen LogP contribution in [0.2, 0.25) is 0 Å². The second-order valence-corrected chi connectivity index (χ2v) is 7.55. The van der Waals surface area contributed by atoms with E-state index in [2.05, 4.69) is 56.1 Å². The second-order valence-electron chi connectivity index (χ2n) is 7.55. The van der Waals surface area contributed by atoms with E-state index in [1.807, 2.05) is 0 Å². The Hall–Kier alpha value is -2.80. The highest BCUT2D eigenvalue weighted by atomic mass is 16.5. The van der Waals surface area contributed by atoms with Crippen LogP contribution in [0.5, 0.6) is 11.8 Å². The van der Waals surface area contributed by atoms with Gasteiger partial charge in [-0.05, 0) is 44.0 Å². The zero-order valence-electron chi connectivity index (χ0n) is 17.4. The molecular weight excluding hydrogens is 366 g/mol. The number of aromatic amines is 1. The van der Waals surface area contributed by atoms with Gasteiger partial charge >= 0.3 is 0 Å². The Morgan fingerprint density at radius 3 is 2.41 bits per heavy atom. The average Bonchev–Trinajstić information content (AvgIpc) is 3.16. The van der Waals surface area contributed by atoms with Gasteiger partial charge in [0.25, 0.3) is 0 Å². The second kappa shape index (κ2) is 8.69. The summed E-state index contributed by atoms with van der Waals surface area (Å²) < 4.78 is 10.5. The van der Waals surface area contributed by atoms with Crippen molar-refractivity contribution in [3.8, 4) is 11.8 Å². The molecule has 7 nitrogen and oxygen atoms in total. The number of aromatic nitrogens is 3. The number of hydrogen-bond donors (Lipinski definition) is 1. The molecular formula is C22H29N5O2. The largest absolute Gasteiger partial charge is 0.481 e.